The number of hydrogen-bond donors (Lipinski definition) is 0. The molecule has 5 heteroatoms. The number of alkyl halides is 1. The van der Waals surface area contributed by atoms with Crippen molar-refractivity contribution in [1.29, 1.82) is 0 Å². The quantitative estimate of drug-likeness (QED) is 0.798. The first-order valence-electron chi connectivity index (χ1n) is 6.24. The van der Waals surface area contributed by atoms with Crippen molar-refractivity contribution in [3.05, 3.63) is 35.4 Å². The fourth-order valence-electron chi connectivity index (χ4n) is 2.27. The Morgan fingerprint density at radius 2 is 1.94 bits per heavy atom. The molecule has 1 heterocycles. The summed E-state index contributed by atoms with van der Waals surface area (Å²) in [6.07, 6.45) is 2.36. The van der Waals surface area contributed by atoms with Crippen LogP contribution in [0.1, 0.15) is 24.0 Å². The number of aryl methyl sites for hydroxylation is 1. The molecule has 0 spiro atoms. The second-order valence-electron chi connectivity index (χ2n) is 4.56. The molecule has 0 atom stereocenters. The highest BCUT2D eigenvalue weighted by molar-refractivity contribution is 7.89. The fraction of sp³-hybridized carbons (Fsp3) is 0.538. The molecule has 0 fully saturated rings. The molecule has 1 aromatic carbocycles. The first-order valence-corrected chi connectivity index (χ1v) is 8.38. The molecule has 1 aliphatic rings. The SMILES string of the molecule is O=S(=O)(CCCCl)N1CCCc2ccccc2C1. The van der Waals surface area contributed by atoms with Crippen molar-refractivity contribution in [3.63, 3.8) is 0 Å². The molecule has 2 rings (SSSR count). The van der Waals surface area contributed by atoms with Crippen LogP contribution in [0.25, 0.3) is 0 Å². The first kappa shape index (κ1) is 13.8. The molecule has 0 N–H and O–H groups in total. The van der Waals surface area contributed by atoms with E-state index in [0.717, 1.165) is 18.4 Å². The molecular weight excluding hydrogens is 270 g/mol. The molecule has 0 aromatic heterocycles. The van der Waals surface area contributed by atoms with Gasteiger partial charge in [-0.05, 0) is 30.4 Å². The largest absolute Gasteiger partial charge is 0.214 e. The van der Waals surface area contributed by atoms with Gasteiger partial charge in [0.25, 0.3) is 0 Å². The summed E-state index contributed by atoms with van der Waals surface area (Å²) in [5.41, 5.74) is 2.40. The van der Waals surface area contributed by atoms with Gasteiger partial charge in [-0.25, -0.2) is 8.42 Å². The van der Waals surface area contributed by atoms with Crippen LogP contribution in [0.5, 0.6) is 0 Å². The zero-order valence-electron chi connectivity index (χ0n) is 10.3. The second kappa shape index (κ2) is 6.04. The summed E-state index contributed by atoms with van der Waals surface area (Å²) in [5.74, 6) is 0.544. The lowest BCUT2D eigenvalue weighted by Crippen LogP contribution is -2.32. The molecule has 3 nitrogen and oxygen atoms in total. The summed E-state index contributed by atoms with van der Waals surface area (Å²) in [7, 11) is -3.16. The Morgan fingerprint density at radius 1 is 1.22 bits per heavy atom. The lowest BCUT2D eigenvalue weighted by molar-refractivity contribution is 0.410. The van der Waals surface area contributed by atoms with Gasteiger partial charge >= 0.3 is 0 Å². The van der Waals surface area contributed by atoms with E-state index in [0.29, 0.717) is 25.4 Å². The highest BCUT2D eigenvalue weighted by atomic mass is 35.5. The lowest BCUT2D eigenvalue weighted by Gasteiger charge is -2.20. The summed E-state index contributed by atoms with van der Waals surface area (Å²) in [4.78, 5) is 0. The monoisotopic (exact) mass is 287 g/mol. The minimum atomic E-state index is -3.16. The maximum Gasteiger partial charge on any atom is 0.214 e. The molecule has 1 aromatic rings. The van der Waals surface area contributed by atoms with Crippen LogP contribution in [0.15, 0.2) is 24.3 Å². The first-order chi connectivity index (χ1) is 8.63. The van der Waals surface area contributed by atoms with E-state index in [-0.39, 0.29) is 5.75 Å². The molecule has 0 radical (unpaired) electrons. The van der Waals surface area contributed by atoms with Crippen molar-refractivity contribution < 1.29 is 8.42 Å². The van der Waals surface area contributed by atoms with Gasteiger partial charge in [0.1, 0.15) is 0 Å². The average molecular weight is 288 g/mol. The smallest absolute Gasteiger partial charge is 0.212 e. The van der Waals surface area contributed by atoms with Crippen molar-refractivity contribution in [3.8, 4) is 0 Å². The molecule has 1 aliphatic heterocycles. The van der Waals surface area contributed by atoms with Gasteiger partial charge in [-0.2, -0.15) is 4.31 Å². The predicted octanol–water partition coefficient (Wildman–Crippen LogP) is 2.39. The van der Waals surface area contributed by atoms with Gasteiger partial charge in [0.2, 0.25) is 10.0 Å². The van der Waals surface area contributed by atoms with Gasteiger partial charge in [-0.15, -0.1) is 11.6 Å². The van der Waals surface area contributed by atoms with Gasteiger partial charge in [0.15, 0.2) is 0 Å². The number of sulfonamides is 1. The van der Waals surface area contributed by atoms with Crippen molar-refractivity contribution >= 4 is 21.6 Å². The van der Waals surface area contributed by atoms with Gasteiger partial charge in [-0.1, -0.05) is 24.3 Å². The third-order valence-electron chi connectivity index (χ3n) is 3.25. The van der Waals surface area contributed by atoms with Crippen LogP contribution < -0.4 is 0 Å². The molecule has 0 unspecified atom stereocenters. The van der Waals surface area contributed by atoms with E-state index in [4.69, 9.17) is 11.6 Å². The molecule has 0 saturated heterocycles. The van der Waals surface area contributed by atoms with Crippen LogP contribution in [-0.4, -0.2) is 30.9 Å². The van der Waals surface area contributed by atoms with Crippen molar-refractivity contribution in [2.75, 3.05) is 18.2 Å². The van der Waals surface area contributed by atoms with E-state index in [2.05, 4.69) is 6.07 Å². The van der Waals surface area contributed by atoms with E-state index in [1.54, 1.807) is 4.31 Å². The summed E-state index contributed by atoms with van der Waals surface area (Å²) in [6, 6.07) is 8.08. The molecule has 0 saturated carbocycles. The fourth-order valence-corrected chi connectivity index (χ4v) is 4.08. The highest BCUT2D eigenvalue weighted by Crippen LogP contribution is 2.21. The number of nitrogens with zero attached hydrogens (tertiary/aromatic N) is 1. The van der Waals surface area contributed by atoms with Crippen LogP contribution in [-0.2, 0) is 23.0 Å². The molecular formula is C13H18ClNO2S. The molecule has 100 valence electrons. The Labute approximate surface area is 114 Å². The van der Waals surface area contributed by atoms with Gasteiger partial charge in [0.05, 0.1) is 5.75 Å². The topological polar surface area (TPSA) is 37.4 Å². The Bertz CT molecular complexity index is 501. The summed E-state index contributed by atoms with van der Waals surface area (Å²) >= 11 is 5.58. The second-order valence-corrected chi connectivity index (χ2v) is 7.03. The molecule has 18 heavy (non-hydrogen) atoms. The van der Waals surface area contributed by atoms with Crippen molar-refractivity contribution in [2.45, 2.75) is 25.8 Å². The lowest BCUT2D eigenvalue weighted by atomic mass is 10.0. The summed E-state index contributed by atoms with van der Waals surface area (Å²) < 4.78 is 26.0. The van der Waals surface area contributed by atoms with Crippen molar-refractivity contribution in [2.24, 2.45) is 0 Å². The van der Waals surface area contributed by atoms with Crippen LogP contribution in [0.3, 0.4) is 0 Å². The van der Waals surface area contributed by atoms with E-state index < -0.39 is 10.0 Å². The van der Waals surface area contributed by atoms with E-state index >= 15 is 0 Å². The number of benzene rings is 1. The predicted molar refractivity (Wildman–Crippen MR) is 74.3 cm³/mol. The Kier molecular flexibility index (Phi) is 4.65. The van der Waals surface area contributed by atoms with Gasteiger partial charge in [-0.3, -0.25) is 0 Å². The van der Waals surface area contributed by atoms with Crippen LogP contribution in [0.2, 0.25) is 0 Å². The van der Waals surface area contributed by atoms with E-state index in [1.165, 1.54) is 5.56 Å². The standard InChI is InChI=1S/C13H18ClNO2S/c14-8-4-10-18(16,17)15-9-3-7-12-5-1-2-6-13(12)11-15/h1-2,5-6H,3-4,7-11H2. The minimum absolute atomic E-state index is 0.151. The highest BCUT2D eigenvalue weighted by Gasteiger charge is 2.24. The third kappa shape index (κ3) is 3.25. The molecule has 0 amide bonds. The minimum Gasteiger partial charge on any atom is -0.212 e. The normalized spacial score (nSPS) is 17.2. The van der Waals surface area contributed by atoms with E-state index in [9.17, 15) is 8.42 Å². The maximum atomic E-state index is 12.2. The summed E-state index contributed by atoms with van der Waals surface area (Å²) in [5, 5.41) is 0. The molecule has 0 bridgehead atoms. The maximum absolute atomic E-state index is 12.2. The van der Waals surface area contributed by atoms with Crippen LogP contribution >= 0.6 is 11.6 Å². The number of hydrogen-bond acceptors (Lipinski definition) is 2. The van der Waals surface area contributed by atoms with E-state index in [1.807, 2.05) is 18.2 Å². The van der Waals surface area contributed by atoms with Crippen LogP contribution in [0, 0.1) is 0 Å². The summed E-state index contributed by atoms with van der Waals surface area (Å²) in [6.45, 7) is 1.11. The zero-order chi connectivity index (χ0) is 13.0. The number of fused-ring (bicyclic) bond motifs is 1. The van der Waals surface area contributed by atoms with Crippen molar-refractivity contribution in [1.82, 2.24) is 4.31 Å². The van der Waals surface area contributed by atoms with Gasteiger partial charge < -0.3 is 0 Å². The van der Waals surface area contributed by atoms with Gasteiger partial charge in [0, 0.05) is 19.0 Å². The van der Waals surface area contributed by atoms with Crippen LogP contribution in [0.4, 0.5) is 0 Å². The Balaban J connectivity index is 2.17. The molecule has 0 aliphatic carbocycles. The Hall–Kier alpha value is -0.580. The zero-order valence-corrected chi connectivity index (χ0v) is 11.9. The Morgan fingerprint density at radius 3 is 2.67 bits per heavy atom. The third-order valence-corrected chi connectivity index (χ3v) is 5.42. The number of rotatable bonds is 4. The number of halogens is 1. The average Bonchev–Trinajstić information content (AvgIpc) is 2.59.